The maximum atomic E-state index is 12.3. The fraction of sp³-hybridized carbons (Fsp3) is 0.300. The van der Waals surface area contributed by atoms with Gasteiger partial charge in [0.25, 0.3) is 0 Å². The molecule has 1 aromatic heterocycles. The minimum atomic E-state index is -4.26. The molecule has 1 heterocycles. The second-order valence-corrected chi connectivity index (χ2v) is 6.52. The van der Waals surface area contributed by atoms with Crippen molar-refractivity contribution >= 4 is 33.4 Å². The van der Waals surface area contributed by atoms with Gasteiger partial charge in [0.05, 0.1) is 6.54 Å². The molecule has 3 aromatic rings. The van der Waals surface area contributed by atoms with E-state index in [-0.39, 0.29) is 18.1 Å². The van der Waals surface area contributed by atoms with Gasteiger partial charge in [-0.15, -0.1) is 0 Å². The van der Waals surface area contributed by atoms with Crippen LogP contribution in [0.3, 0.4) is 0 Å². The molecule has 0 radical (unpaired) electrons. The Labute approximate surface area is 154 Å². The van der Waals surface area contributed by atoms with Crippen LogP contribution in [0.5, 0.6) is 0 Å². The van der Waals surface area contributed by atoms with E-state index in [2.05, 4.69) is 5.32 Å². The van der Waals surface area contributed by atoms with Crippen LogP contribution in [-0.4, -0.2) is 35.4 Å². The molecule has 27 heavy (non-hydrogen) atoms. The van der Waals surface area contributed by atoms with Crippen LogP contribution in [-0.2, 0) is 6.54 Å². The van der Waals surface area contributed by atoms with Crippen molar-refractivity contribution in [3.05, 3.63) is 47.5 Å². The van der Waals surface area contributed by atoms with Crippen molar-refractivity contribution in [1.29, 1.82) is 0 Å². The van der Waals surface area contributed by atoms with Crippen molar-refractivity contribution in [1.82, 2.24) is 9.88 Å². The van der Waals surface area contributed by atoms with Gasteiger partial charge in [0.2, 0.25) is 0 Å². The number of fused-ring (bicyclic) bond motifs is 3. The third-order valence-electron chi connectivity index (χ3n) is 4.52. The van der Waals surface area contributed by atoms with Gasteiger partial charge in [-0.2, -0.15) is 13.2 Å². The van der Waals surface area contributed by atoms with E-state index in [4.69, 9.17) is 0 Å². The fourth-order valence-corrected chi connectivity index (χ4v) is 3.20. The van der Waals surface area contributed by atoms with Crippen molar-refractivity contribution in [3.63, 3.8) is 0 Å². The molecule has 0 saturated heterocycles. The number of ketones is 2. The predicted molar refractivity (Wildman–Crippen MR) is 98.4 cm³/mol. The van der Waals surface area contributed by atoms with Gasteiger partial charge in [0, 0.05) is 46.0 Å². The van der Waals surface area contributed by atoms with Gasteiger partial charge in [0.1, 0.15) is 0 Å². The fourth-order valence-electron chi connectivity index (χ4n) is 3.20. The van der Waals surface area contributed by atoms with Gasteiger partial charge in [0.15, 0.2) is 11.6 Å². The van der Waals surface area contributed by atoms with Crippen molar-refractivity contribution in [2.24, 2.45) is 0 Å². The van der Waals surface area contributed by atoms with Crippen LogP contribution in [0.4, 0.5) is 13.2 Å². The van der Waals surface area contributed by atoms with Crippen molar-refractivity contribution in [3.8, 4) is 0 Å². The van der Waals surface area contributed by atoms with E-state index < -0.39 is 12.7 Å². The topological polar surface area (TPSA) is 51.1 Å². The van der Waals surface area contributed by atoms with Crippen LogP contribution in [0.1, 0.15) is 34.6 Å². The summed E-state index contributed by atoms with van der Waals surface area (Å²) in [5.74, 6) is -0.153. The lowest BCUT2D eigenvalue weighted by atomic mass is 10.0. The minimum Gasteiger partial charge on any atom is -0.339 e. The average molecular weight is 376 g/mol. The Bertz CT molecular complexity index is 964. The molecule has 1 N–H and O–H groups in total. The highest BCUT2D eigenvalue weighted by Gasteiger charge is 2.26. The Morgan fingerprint density at radius 3 is 1.81 bits per heavy atom. The van der Waals surface area contributed by atoms with E-state index in [0.29, 0.717) is 17.7 Å². The van der Waals surface area contributed by atoms with E-state index >= 15 is 0 Å². The lowest BCUT2D eigenvalue weighted by molar-refractivity contribution is -0.124. The molecule has 0 aliphatic heterocycles. The van der Waals surface area contributed by atoms with E-state index in [1.54, 1.807) is 36.4 Å². The minimum absolute atomic E-state index is 0.0765. The maximum Gasteiger partial charge on any atom is 0.401 e. The number of carbonyl (C=O) groups is 2. The number of aromatic nitrogens is 1. The summed E-state index contributed by atoms with van der Waals surface area (Å²) in [6.45, 7) is 2.37. The molecule has 0 bridgehead atoms. The highest BCUT2D eigenvalue weighted by Crippen LogP contribution is 2.31. The van der Waals surface area contributed by atoms with Gasteiger partial charge in [-0.3, -0.25) is 9.59 Å². The number of nitrogens with zero attached hydrogens (tertiary/aromatic N) is 1. The zero-order chi connectivity index (χ0) is 19.8. The first-order valence-electron chi connectivity index (χ1n) is 8.53. The standard InChI is InChI=1S/C20H19F3N2O2/c1-12(26)14-3-5-18-16(9-14)17-10-15(13(2)27)4-6-19(17)25(18)8-7-24-11-20(21,22)23/h3-6,9-10,24H,7-8,11H2,1-2H3. The summed E-state index contributed by atoms with van der Waals surface area (Å²) in [5, 5.41) is 4.00. The third-order valence-corrected chi connectivity index (χ3v) is 4.52. The molecular formula is C20H19F3N2O2. The first-order chi connectivity index (χ1) is 12.7. The number of hydrogen-bond donors (Lipinski definition) is 1. The molecule has 0 spiro atoms. The molecule has 0 saturated carbocycles. The summed E-state index contributed by atoms with van der Waals surface area (Å²) in [6, 6.07) is 10.5. The van der Waals surface area contributed by atoms with Gasteiger partial charge in [-0.05, 0) is 50.2 Å². The number of hydrogen-bond acceptors (Lipinski definition) is 3. The van der Waals surface area contributed by atoms with Crippen LogP contribution in [0.25, 0.3) is 21.8 Å². The summed E-state index contributed by atoms with van der Waals surface area (Å²) in [6.07, 6.45) is -4.26. The lowest BCUT2D eigenvalue weighted by Crippen LogP contribution is -2.31. The molecule has 142 valence electrons. The van der Waals surface area contributed by atoms with E-state index in [1.165, 1.54) is 13.8 Å². The van der Waals surface area contributed by atoms with Gasteiger partial charge in [-0.1, -0.05) is 0 Å². The Kier molecular flexibility index (Phi) is 5.06. The highest BCUT2D eigenvalue weighted by atomic mass is 19.4. The quantitative estimate of drug-likeness (QED) is 0.514. The second kappa shape index (κ2) is 7.15. The van der Waals surface area contributed by atoms with Crippen molar-refractivity contribution in [2.45, 2.75) is 26.6 Å². The normalized spacial score (nSPS) is 12.0. The van der Waals surface area contributed by atoms with Gasteiger partial charge >= 0.3 is 6.18 Å². The van der Waals surface area contributed by atoms with Crippen LogP contribution in [0, 0.1) is 0 Å². The van der Waals surface area contributed by atoms with Crippen LogP contribution in [0.2, 0.25) is 0 Å². The maximum absolute atomic E-state index is 12.3. The third kappa shape index (κ3) is 4.03. The molecule has 0 atom stereocenters. The van der Waals surface area contributed by atoms with Gasteiger partial charge < -0.3 is 9.88 Å². The smallest absolute Gasteiger partial charge is 0.339 e. The Hall–Kier alpha value is -2.67. The number of Topliss-reactive ketones (excluding diaryl/α,β-unsaturated/α-hetero) is 2. The zero-order valence-corrected chi connectivity index (χ0v) is 15.0. The zero-order valence-electron chi connectivity index (χ0n) is 15.0. The molecular weight excluding hydrogens is 357 g/mol. The monoisotopic (exact) mass is 376 g/mol. The molecule has 3 rings (SSSR count). The predicted octanol–water partition coefficient (Wildman–Crippen LogP) is 4.35. The van der Waals surface area contributed by atoms with Crippen molar-refractivity contribution < 1.29 is 22.8 Å². The molecule has 2 aromatic carbocycles. The summed E-state index contributed by atoms with van der Waals surface area (Å²) >= 11 is 0. The largest absolute Gasteiger partial charge is 0.401 e. The highest BCUT2D eigenvalue weighted by molar-refractivity contribution is 6.12. The second-order valence-electron chi connectivity index (χ2n) is 6.52. The number of alkyl halides is 3. The first-order valence-corrected chi connectivity index (χ1v) is 8.53. The van der Waals surface area contributed by atoms with E-state index in [0.717, 1.165) is 21.8 Å². The molecule has 0 aliphatic carbocycles. The molecule has 4 nitrogen and oxygen atoms in total. The number of benzene rings is 2. The summed E-state index contributed by atoms with van der Waals surface area (Å²) in [5.41, 5.74) is 2.71. The Balaban J connectivity index is 2.07. The van der Waals surface area contributed by atoms with Gasteiger partial charge in [-0.25, -0.2) is 0 Å². The summed E-state index contributed by atoms with van der Waals surface area (Å²) in [7, 11) is 0. The van der Waals surface area contributed by atoms with E-state index in [1.807, 2.05) is 4.57 Å². The summed E-state index contributed by atoms with van der Waals surface area (Å²) in [4.78, 5) is 23.5. The first kappa shape index (κ1) is 19.1. The summed E-state index contributed by atoms with van der Waals surface area (Å²) < 4.78 is 38.9. The number of halogens is 3. The number of rotatable bonds is 6. The lowest BCUT2D eigenvalue weighted by Gasteiger charge is -2.11. The SMILES string of the molecule is CC(=O)c1ccc2c(c1)c1cc(C(C)=O)ccc1n2CCNCC(F)(F)F. The Morgan fingerprint density at radius 1 is 0.926 bits per heavy atom. The molecule has 0 aliphatic rings. The average Bonchev–Trinajstić information content (AvgIpc) is 2.90. The molecule has 0 unspecified atom stereocenters. The molecule has 0 amide bonds. The molecule has 0 fully saturated rings. The van der Waals surface area contributed by atoms with Crippen LogP contribution >= 0.6 is 0 Å². The van der Waals surface area contributed by atoms with Crippen LogP contribution < -0.4 is 5.32 Å². The molecule has 7 heteroatoms. The Morgan fingerprint density at radius 2 is 1.41 bits per heavy atom. The van der Waals surface area contributed by atoms with Crippen molar-refractivity contribution in [2.75, 3.05) is 13.1 Å². The van der Waals surface area contributed by atoms with E-state index in [9.17, 15) is 22.8 Å². The number of carbonyl (C=O) groups excluding carboxylic acids is 2. The number of nitrogens with one attached hydrogen (secondary N) is 1. The van der Waals surface area contributed by atoms with Crippen LogP contribution in [0.15, 0.2) is 36.4 Å².